The number of carbonyl (C=O) groups excluding carboxylic acids is 2. The van der Waals surface area contributed by atoms with Crippen molar-refractivity contribution >= 4 is 23.2 Å². The third-order valence-corrected chi connectivity index (χ3v) is 3.93. The van der Waals surface area contributed by atoms with Crippen LogP contribution in [0.5, 0.6) is 0 Å². The lowest BCUT2D eigenvalue weighted by atomic mass is 10.1. The summed E-state index contributed by atoms with van der Waals surface area (Å²) in [4.78, 5) is 28.2. The molecule has 1 heterocycles. The van der Waals surface area contributed by atoms with Gasteiger partial charge in [0.2, 0.25) is 5.91 Å². The first-order chi connectivity index (χ1) is 12.9. The van der Waals surface area contributed by atoms with Gasteiger partial charge in [-0.3, -0.25) is 14.6 Å². The molecule has 0 spiro atoms. The van der Waals surface area contributed by atoms with E-state index in [1.165, 1.54) is 25.1 Å². The van der Waals surface area contributed by atoms with E-state index in [0.29, 0.717) is 16.9 Å². The van der Waals surface area contributed by atoms with Crippen LogP contribution in [0.15, 0.2) is 60.7 Å². The minimum atomic E-state index is -0.576. The number of aryl methyl sites for hydroxylation is 1. The average Bonchev–Trinajstić information content (AvgIpc) is 2.64. The summed E-state index contributed by atoms with van der Waals surface area (Å²) < 4.78 is 13.7. The summed E-state index contributed by atoms with van der Waals surface area (Å²) in [6.45, 7) is 3.04. The summed E-state index contributed by atoms with van der Waals surface area (Å²) >= 11 is 0. The third-order valence-electron chi connectivity index (χ3n) is 3.93. The van der Waals surface area contributed by atoms with E-state index in [1.54, 1.807) is 19.1 Å². The number of nitrogens with zero attached hydrogens (tertiary/aromatic N) is 1. The highest BCUT2D eigenvalue weighted by Crippen LogP contribution is 2.22. The van der Waals surface area contributed by atoms with Crippen LogP contribution in [0, 0.1) is 12.7 Å². The number of halogens is 1. The minimum Gasteiger partial charge on any atom is -0.324 e. The topological polar surface area (TPSA) is 71.1 Å². The second-order valence-corrected chi connectivity index (χ2v) is 6.03. The molecule has 0 bridgehead atoms. The number of rotatable bonds is 4. The fraction of sp³-hybridized carbons (Fsp3) is 0.0952. The van der Waals surface area contributed by atoms with E-state index in [9.17, 15) is 14.0 Å². The Bertz CT molecular complexity index is 1000. The van der Waals surface area contributed by atoms with Crippen LogP contribution < -0.4 is 10.6 Å². The molecule has 0 saturated heterocycles. The zero-order valence-electron chi connectivity index (χ0n) is 14.9. The Labute approximate surface area is 156 Å². The summed E-state index contributed by atoms with van der Waals surface area (Å²) in [6, 6.07) is 17.1. The molecule has 6 heteroatoms. The maximum absolute atomic E-state index is 13.7. The lowest BCUT2D eigenvalue weighted by Crippen LogP contribution is -2.15. The first-order valence-corrected chi connectivity index (χ1v) is 8.35. The van der Waals surface area contributed by atoms with Crippen LogP contribution in [0.3, 0.4) is 0 Å². The van der Waals surface area contributed by atoms with Crippen molar-refractivity contribution in [2.75, 3.05) is 10.6 Å². The molecule has 136 valence electrons. The molecule has 2 aromatic carbocycles. The number of hydrogen-bond acceptors (Lipinski definition) is 3. The van der Waals surface area contributed by atoms with Crippen molar-refractivity contribution in [2.45, 2.75) is 13.8 Å². The zero-order valence-corrected chi connectivity index (χ0v) is 14.9. The van der Waals surface area contributed by atoms with Crippen LogP contribution in [0.25, 0.3) is 11.3 Å². The quantitative estimate of drug-likeness (QED) is 0.721. The van der Waals surface area contributed by atoms with Gasteiger partial charge in [-0.1, -0.05) is 30.3 Å². The maximum atomic E-state index is 13.7. The van der Waals surface area contributed by atoms with E-state index in [4.69, 9.17) is 0 Å². The zero-order chi connectivity index (χ0) is 19.4. The molecule has 2 N–H and O–H groups in total. The average molecular weight is 363 g/mol. The SMILES string of the molecule is CC(=O)Nc1cc(NC(=O)c2ccc(-c3ccccc3)nc2C)ccc1F. The van der Waals surface area contributed by atoms with Gasteiger partial charge < -0.3 is 10.6 Å². The molecule has 3 aromatic rings. The highest BCUT2D eigenvalue weighted by molar-refractivity contribution is 6.05. The monoisotopic (exact) mass is 363 g/mol. The van der Waals surface area contributed by atoms with E-state index >= 15 is 0 Å². The molecule has 1 aromatic heterocycles. The summed E-state index contributed by atoms with van der Waals surface area (Å²) in [5.41, 5.74) is 3.12. The van der Waals surface area contributed by atoms with Gasteiger partial charge in [-0.2, -0.15) is 0 Å². The van der Waals surface area contributed by atoms with E-state index in [0.717, 1.165) is 11.3 Å². The number of pyridine rings is 1. The predicted octanol–water partition coefficient (Wildman–Crippen LogP) is 4.41. The van der Waals surface area contributed by atoms with E-state index in [2.05, 4.69) is 15.6 Å². The summed E-state index contributed by atoms with van der Waals surface area (Å²) in [6.07, 6.45) is 0. The highest BCUT2D eigenvalue weighted by atomic mass is 19.1. The van der Waals surface area contributed by atoms with E-state index in [1.807, 2.05) is 30.3 Å². The molecule has 0 radical (unpaired) electrons. The van der Waals surface area contributed by atoms with Crippen LogP contribution >= 0.6 is 0 Å². The molecular formula is C21H18FN3O2. The van der Waals surface area contributed by atoms with E-state index < -0.39 is 11.7 Å². The third kappa shape index (κ3) is 4.36. The van der Waals surface area contributed by atoms with Crippen molar-refractivity contribution in [3.8, 4) is 11.3 Å². The largest absolute Gasteiger partial charge is 0.324 e. The van der Waals surface area contributed by atoms with Gasteiger partial charge in [0.1, 0.15) is 5.82 Å². The van der Waals surface area contributed by atoms with Crippen molar-refractivity contribution in [2.24, 2.45) is 0 Å². The number of hydrogen-bond donors (Lipinski definition) is 2. The van der Waals surface area contributed by atoms with Crippen molar-refractivity contribution < 1.29 is 14.0 Å². The first kappa shape index (κ1) is 18.3. The molecule has 0 saturated carbocycles. The molecular weight excluding hydrogens is 345 g/mol. The van der Waals surface area contributed by atoms with Crippen LogP contribution in [0.4, 0.5) is 15.8 Å². The van der Waals surface area contributed by atoms with Gasteiger partial charge in [-0.05, 0) is 37.3 Å². The highest BCUT2D eigenvalue weighted by Gasteiger charge is 2.13. The smallest absolute Gasteiger partial charge is 0.257 e. The van der Waals surface area contributed by atoms with Gasteiger partial charge in [-0.15, -0.1) is 0 Å². The second-order valence-electron chi connectivity index (χ2n) is 6.03. The second kappa shape index (κ2) is 7.78. The first-order valence-electron chi connectivity index (χ1n) is 8.35. The maximum Gasteiger partial charge on any atom is 0.257 e. The molecule has 2 amide bonds. The Kier molecular flexibility index (Phi) is 5.26. The molecule has 27 heavy (non-hydrogen) atoms. The number of nitrogens with one attached hydrogen (secondary N) is 2. The molecule has 5 nitrogen and oxygen atoms in total. The standard InChI is InChI=1S/C21H18FN3O2/c1-13-17(9-11-19(23-13)15-6-4-3-5-7-15)21(27)25-16-8-10-18(22)20(12-16)24-14(2)26/h3-12H,1-2H3,(H,24,26)(H,25,27). The number of aromatic nitrogens is 1. The normalized spacial score (nSPS) is 10.3. The molecule has 0 fully saturated rings. The van der Waals surface area contributed by atoms with Crippen molar-refractivity contribution in [1.29, 1.82) is 0 Å². The Balaban J connectivity index is 1.81. The van der Waals surface area contributed by atoms with Gasteiger partial charge in [-0.25, -0.2) is 4.39 Å². The number of benzene rings is 2. The molecule has 3 rings (SSSR count). The lowest BCUT2D eigenvalue weighted by Gasteiger charge is -2.11. The van der Waals surface area contributed by atoms with Gasteiger partial charge in [0.05, 0.1) is 22.6 Å². The van der Waals surface area contributed by atoms with Crippen molar-refractivity contribution in [3.63, 3.8) is 0 Å². The van der Waals surface area contributed by atoms with Gasteiger partial charge >= 0.3 is 0 Å². The predicted molar refractivity (Wildman–Crippen MR) is 103 cm³/mol. The molecule has 0 aliphatic rings. The molecule has 0 atom stereocenters. The van der Waals surface area contributed by atoms with Crippen LogP contribution in [-0.4, -0.2) is 16.8 Å². The van der Waals surface area contributed by atoms with Crippen LogP contribution in [-0.2, 0) is 4.79 Å². The van der Waals surface area contributed by atoms with Gasteiger partial charge in [0.15, 0.2) is 0 Å². The Morgan fingerprint density at radius 2 is 1.70 bits per heavy atom. The Hall–Kier alpha value is -3.54. The van der Waals surface area contributed by atoms with Crippen LogP contribution in [0.1, 0.15) is 23.0 Å². The summed E-state index contributed by atoms with van der Waals surface area (Å²) in [7, 11) is 0. The van der Waals surface area contributed by atoms with Crippen molar-refractivity contribution in [1.82, 2.24) is 4.98 Å². The molecule has 0 aliphatic heterocycles. The minimum absolute atomic E-state index is 0.00886. The Morgan fingerprint density at radius 3 is 2.37 bits per heavy atom. The fourth-order valence-electron chi connectivity index (χ4n) is 2.66. The van der Waals surface area contributed by atoms with Gasteiger partial charge in [0, 0.05) is 18.2 Å². The Morgan fingerprint density at radius 1 is 0.963 bits per heavy atom. The number of carbonyl (C=O) groups is 2. The van der Waals surface area contributed by atoms with Gasteiger partial charge in [0.25, 0.3) is 5.91 Å². The molecule has 0 aliphatic carbocycles. The van der Waals surface area contributed by atoms with Crippen LogP contribution in [0.2, 0.25) is 0 Å². The fourth-order valence-corrected chi connectivity index (χ4v) is 2.66. The lowest BCUT2D eigenvalue weighted by molar-refractivity contribution is -0.114. The number of anilines is 2. The van der Waals surface area contributed by atoms with Crippen molar-refractivity contribution in [3.05, 3.63) is 77.7 Å². The summed E-state index contributed by atoms with van der Waals surface area (Å²) in [5, 5.41) is 5.09. The summed E-state index contributed by atoms with van der Waals surface area (Å²) in [5.74, 6) is -1.33. The van der Waals surface area contributed by atoms with E-state index in [-0.39, 0.29) is 11.6 Å². The molecule has 0 unspecified atom stereocenters. The number of amides is 2.